The van der Waals surface area contributed by atoms with Crippen molar-refractivity contribution in [2.75, 3.05) is 12.3 Å². The summed E-state index contributed by atoms with van der Waals surface area (Å²) >= 11 is 1.30. The van der Waals surface area contributed by atoms with E-state index in [2.05, 4.69) is 4.99 Å². The van der Waals surface area contributed by atoms with Crippen LogP contribution >= 0.6 is 11.8 Å². The Bertz CT molecular complexity index is 624. The first-order valence-electron chi connectivity index (χ1n) is 6.22. The van der Waals surface area contributed by atoms with Crippen molar-refractivity contribution in [2.45, 2.75) is 23.6 Å². The van der Waals surface area contributed by atoms with E-state index < -0.39 is 21.9 Å². The first kappa shape index (κ1) is 13.6. The summed E-state index contributed by atoms with van der Waals surface area (Å²) in [6, 6.07) is 2.34. The first-order valence-corrected chi connectivity index (χ1v) is 7.04. The molecule has 4 nitrogen and oxygen atoms in total. The number of benzene rings is 1. The maximum Gasteiger partial charge on any atom is 0.164 e. The van der Waals surface area contributed by atoms with E-state index in [-0.39, 0.29) is 28.9 Å². The Morgan fingerprint density at radius 3 is 2.80 bits per heavy atom. The lowest BCUT2D eigenvalue weighted by atomic mass is 9.85. The van der Waals surface area contributed by atoms with Crippen molar-refractivity contribution in [2.24, 2.45) is 16.6 Å². The van der Waals surface area contributed by atoms with Crippen LogP contribution in [0.25, 0.3) is 0 Å². The highest BCUT2D eigenvalue weighted by molar-refractivity contribution is 8.15. The van der Waals surface area contributed by atoms with Gasteiger partial charge in [0.05, 0.1) is 16.9 Å². The fraction of sp³-hybridized carbons (Fsp3) is 0.462. The third-order valence-electron chi connectivity index (χ3n) is 4.22. The molecule has 2 aliphatic rings. The molecule has 1 heterocycles. The number of fused-ring (bicyclic) bond motifs is 1. The fourth-order valence-electron chi connectivity index (χ4n) is 3.08. The Morgan fingerprint density at radius 2 is 2.15 bits per heavy atom. The lowest BCUT2D eigenvalue weighted by molar-refractivity contribution is 0.264. The van der Waals surface area contributed by atoms with Crippen molar-refractivity contribution >= 4 is 22.6 Å². The molecule has 1 unspecified atom stereocenters. The molecule has 3 atom stereocenters. The molecule has 1 aromatic rings. The van der Waals surface area contributed by atoms with Gasteiger partial charge in [-0.1, -0.05) is 11.8 Å². The van der Waals surface area contributed by atoms with Crippen LogP contribution < -0.4 is 11.5 Å². The highest BCUT2D eigenvalue weighted by Gasteiger charge is 2.66. The number of amidine groups is 1. The van der Waals surface area contributed by atoms with Gasteiger partial charge in [0.1, 0.15) is 0 Å². The first-order chi connectivity index (χ1) is 9.32. The Labute approximate surface area is 119 Å². The van der Waals surface area contributed by atoms with Gasteiger partial charge in [-0.15, -0.1) is 0 Å². The van der Waals surface area contributed by atoms with E-state index in [1.165, 1.54) is 17.8 Å². The van der Waals surface area contributed by atoms with Gasteiger partial charge in [-0.2, -0.15) is 0 Å². The van der Waals surface area contributed by atoms with Crippen molar-refractivity contribution in [3.05, 3.63) is 29.3 Å². The molecule has 0 spiro atoms. The van der Waals surface area contributed by atoms with Gasteiger partial charge in [-0.05, 0) is 25.5 Å². The van der Waals surface area contributed by atoms with E-state index in [0.717, 1.165) is 6.07 Å². The summed E-state index contributed by atoms with van der Waals surface area (Å²) in [5, 5.41) is 9.82. The van der Waals surface area contributed by atoms with E-state index >= 15 is 0 Å². The predicted molar refractivity (Wildman–Crippen MR) is 75.3 cm³/mol. The third-order valence-corrected chi connectivity index (χ3v) is 5.50. The van der Waals surface area contributed by atoms with Gasteiger partial charge in [-0.3, -0.25) is 4.99 Å². The standard InChI is InChI=1S/C13H15F2N3OS/c1-12(7-2-6(16)3-8(14)10(7)15)9-4-13(9,5-19)20-11(17)18-12/h2-3,9,19H,4-5,16H2,1H3,(H2,17,18)/t9?,12-,13-/m1/s1. The van der Waals surface area contributed by atoms with E-state index in [0.29, 0.717) is 6.42 Å². The van der Waals surface area contributed by atoms with Crippen LogP contribution in [0.1, 0.15) is 18.9 Å². The molecule has 108 valence electrons. The van der Waals surface area contributed by atoms with Crippen molar-refractivity contribution < 1.29 is 13.9 Å². The van der Waals surface area contributed by atoms with Gasteiger partial charge >= 0.3 is 0 Å². The number of nitrogens with zero attached hydrogens (tertiary/aromatic N) is 1. The molecule has 1 aliphatic heterocycles. The quantitative estimate of drug-likeness (QED) is 0.724. The smallest absolute Gasteiger partial charge is 0.164 e. The van der Waals surface area contributed by atoms with Crippen molar-refractivity contribution in [3.8, 4) is 0 Å². The number of rotatable bonds is 2. The highest BCUT2D eigenvalue weighted by atomic mass is 32.2. The average Bonchev–Trinajstić information content (AvgIpc) is 3.09. The lowest BCUT2D eigenvalue weighted by Crippen LogP contribution is -2.37. The summed E-state index contributed by atoms with van der Waals surface area (Å²) in [5.41, 5.74) is 10.7. The molecule has 0 amide bonds. The maximum atomic E-state index is 14.1. The van der Waals surface area contributed by atoms with Crippen LogP contribution in [0.3, 0.4) is 0 Å². The summed E-state index contributed by atoms with van der Waals surface area (Å²) in [4.78, 5) is 4.33. The van der Waals surface area contributed by atoms with E-state index in [1.807, 2.05) is 0 Å². The summed E-state index contributed by atoms with van der Waals surface area (Å²) in [5.74, 6) is -2.04. The molecule has 1 aromatic carbocycles. The number of hydrogen-bond donors (Lipinski definition) is 3. The zero-order valence-electron chi connectivity index (χ0n) is 10.9. The van der Waals surface area contributed by atoms with Crippen LogP contribution in [0.2, 0.25) is 0 Å². The largest absolute Gasteiger partial charge is 0.399 e. The van der Waals surface area contributed by atoms with Gasteiger partial charge in [0.2, 0.25) is 0 Å². The molecule has 1 saturated carbocycles. The third kappa shape index (κ3) is 1.73. The molecule has 0 aromatic heterocycles. The normalized spacial score (nSPS) is 35.4. The van der Waals surface area contributed by atoms with E-state index in [4.69, 9.17) is 11.5 Å². The fourth-order valence-corrected chi connectivity index (χ4v) is 4.42. The molecule has 20 heavy (non-hydrogen) atoms. The van der Waals surface area contributed by atoms with Gasteiger partial charge in [-0.25, -0.2) is 8.78 Å². The number of halogens is 2. The summed E-state index contributed by atoms with van der Waals surface area (Å²) < 4.78 is 27.3. The number of thioether (sulfide) groups is 1. The number of aliphatic imine (C=N–C) groups is 1. The van der Waals surface area contributed by atoms with Gasteiger partial charge < -0.3 is 16.6 Å². The Hall–Kier alpha value is -1.34. The summed E-state index contributed by atoms with van der Waals surface area (Å²) in [6.45, 7) is 1.64. The molecular weight excluding hydrogens is 284 g/mol. The van der Waals surface area contributed by atoms with Crippen LogP contribution in [0.4, 0.5) is 14.5 Å². The average molecular weight is 299 g/mol. The zero-order valence-corrected chi connectivity index (χ0v) is 11.7. The molecule has 5 N–H and O–H groups in total. The SMILES string of the molecule is C[C@]1(c2cc(N)cc(F)c2F)N=C(N)S[C@@]2(CO)CC21. The minimum Gasteiger partial charge on any atom is -0.399 e. The van der Waals surface area contributed by atoms with Gasteiger partial charge in [0, 0.05) is 17.2 Å². The number of nitrogens with two attached hydrogens (primary N) is 2. The molecule has 1 aliphatic carbocycles. The van der Waals surface area contributed by atoms with E-state index in [1.54, 1.807) is 6.92 Å². The Kier molecular flexibility index (Phi) is 2.78. The molecular formula is C13H15F2N3OS. The van der Waals surface area contributed by atoms with Crippen LogP contribution in [0.5, 0.6) is 0 Å². The minimum absolute atomic E-state index is 0.0689. The second-order valence-electron chi connectivity index (χ2n) is 5.54. The molecule has 0 bridgehead atoms. The number of anilines is 1. The monoisotopic (exact) mass is 299 g/mol. The lowest BCUT2D eigenvalue weighted by Gasteiger charge is -2.33. The topological polar surface area (TPSA) is 84.6 Å². The summed E-state index contributed by atoms with van der Waals surface area (Å²) in [6.07, 6.45) is 0.657. The van der Waals surface area contributed by atoms with Crippen molar-refractivity contribution in [1.29, 1.82) is 0 Å². The second kappa shape index (κ2) is 4.08. The van der Waals surface area contributed by atoms with Gasteiger partial charge in [0.25, 0.3) is 0 Å². The number of nitrogen functional groups attached to an aromatic ring is 1. The van der Waals surface area contributed by atoms with Crippen molar-refractivity contribution in [1.82, 2.24) is 0 Å². The molecule has 0 radical (unpaired) electrons. The van der Waals surface area contributed by atoms with Crippen LogP contribution in [-0.2, 0) is 5.54 Å². The van der Waals surface area contributed by atoms with Crippen LogP contribution in [0, 0.1) is 17.6 Å². The maximum absolute atomic E-state index is 14.1. The van der Waals surface area contributed by atoms with Crippen LogP contribution in [0.15, 0.2) is 17.1 Å². The molecule has 7 heteroatoms. The number of aliphatic hydroxyl groups is 1. The number of hydrogen-bond acceptors (Lipinski definition) is 5. The van der Waals surface area contributed by atoms with Gasteiger partial charge in [0.15, 0.2) is 16.8 Å². The predicted octanol–water partition coefficient (Wildman–Crippen LogP) is 1.57. The Morgan fingerprint density at radius 1 is 1.45 bits per heavy atom. The minimum atomic E-state index is -1.00. The highest BCUT2D eigenvalue weighted by Crippen LogP contribution is 2.65. The molecule has 1 fully saturated rings. The van der Waals surface area contributed by atoms with E-state index in [9.17, 15) is 13.9 Å². The second-order valence-corrected chi connectivity index (χ2v) is 6.98. The number of aliphatic hydroxyl groups excluding tert-OH is 1. The zero-order chi connectivity index (χ0) is 14.7. The van der Waals surface area contributed by atoms with Crippen LogP contribution in [-0.4, -0.2) is 21.6 Å². The summed E-state index contributed by atoms with van der Waals surface area (Å²) in [7, 11) is 0. The molecule has 3 rings (SSSR count). The molecule has 0 saturated heterocycles. The van der Waals surface area contributed by atoms with Crippen molar-refractivity contribution in [3.63, 3.8) is 0 Å². The Balaban J connectivity index is 2.16.